The maximum Gasteiger partial charge on any atom is 0.126 e. The molecule has 2 aromatic carbocycles. The first-order chi connectivity index (χ1) is 10.2. The van der Waals surface area contributed by atoms with Crippen molar-refractivity contribution in [3.8, 4) is 11.5 Å². The lowest BCUT2D eigenvalue weighted by Gasteiger charge is -2.16. The van der Waals surface area contributed by atoms with E-state index >= 15 is 0 Å². The summed E-state index contributed by atoms with van der Waals surface area (Å²) in [6, 6.07) is 12.3. The van der Waals surface area contributed by atoms with Crippen molar-refractivity contribution in [3.05, 3.63) is 53.1 Å². The van der Waals surface area contributed by atoms with E-state index in [-0.39, 0.29) is 0 Å². The fourth-order valence-electron chi connectivity index (χ4n) is 2.47. The van der Waals surface area contributed by atoms with E-state index in [4.69, 9.17) is 9.47 Å². The first-order valence-electron chi connectivity index (χ1n) is 7.26. The molecule has 3 heteroatoms. The molecule has 0 heterocycles. The van der Waals surface area contributed by atoms with E-state index in [0.717, 1.165) is 40.4 Å². The van der Waals surface area contributed by atoms with Crippen molar-refractivity contribution < 1.29 is 9.47 Å². The summed E-state index contributed by atoms with van der Waals surface area (Å²) < 4.78 is 11.1. The third-order valence-corrected chi connectivity index (χ3v) is 3.55. The Kier molecular flexibility index (Phi) is 5.09. The van der Waals surface area contributed by atoms with E-state index in [0.29, 0.717) is 6.61 Å². The molecule has 1 N–H and O–H groups in total. The van der Waals surface area contributed by atoms with Crippen LogP contribution in [0.5, 0.6) is 11.5 Å². The van der Waals surface area contributed by atoms with Crippen LogP contribution >= 0.6 is 0 Å². The number of ether oxygens (including phenoxy) is 2. The van der Waals surface area contributed by atoms with E-state index in [1.807, 2.05) is 25.1 Å². The lowest BCUT2D eigenvalue weighted by atomic mass is 10.1. The molecule has 0 bridgehead atoms. The van der Waals surface area contributed by atoms with Gasteiger partial charge in [0.05, 0.1) is 13.7 Å². The minimum atomic E-state index is 0.675. The second-order valence-corrected chi connectivity index (χ2v) is 4.98. The smallest absolute Gasteiger partial charge is 0.126 e. The molecule has 0 fully saturated rings. The van der Waals surface area contributed by atoms with Crippen molar-refractivity contribution in [2.24, 2.45) is 0 Å². The van der Waals surface area contributed by atoms with Crippen LogP contribution in [0, 0.1) is 13.8 Å². The molecule has 0 unspecified atom stereocenters. The number of benzene rings is 2. The minimum absolute atomic E-state index is 0.675. The number of para-hydroxylation sites is 1. The summed E-state index contributed by atoms with van der Waals surface area (Å²) in [5.41, 5.74) is 4.52. The Morgan fingerprint density at radius 2 is 1.81 bits per heavy atom. The van der Waals surface area contributed by atoms with E-state index < -0.39 is 0 Å². The fraction of sp³-hybridized carbons (Fsp3) is 0.333. The van der Waals surface area contributed by atoms with Crippen molar-refractivity contribution in [1.29, 1.82) is 0 Å². The summed E-state index contributed by atoms with van der Waals surface area (Å²) in [5, 5.41) is 3.47. The molecule has 0 spiro atoms. The van der Waals surface area contributed by atoms with Crippen LogP contribution in [-0.2, 0) is 6.54 Å². The molecule has 3 nitrogen and oxygen atoms in total. The quantitative estimate of drug-likeness (QED) is 0.857. The summed E-state index contributed by atoms with van der Waals surface area (Å²) in [4.78, 5) is 0. The number of hydrogen-bond acceptors (Lipinski definition) is 3. The van der Waals surface area contributed by atoms with Crippen LogP contribution < -0.4 is 14.8 Å². The Bertz CT molecular complexity index is 608. The monoisotopic (exact) mass is 285 g/mol. The van der Waals surface area contributed by atoms with Gasteiger partial charge in [0.25, 0.3) is 0 Å². The zero-order valence-corrected chi connectivity index (χ0v) is 13.2. The zero-order chi connectivity index (χ0) is 15.2. The number of rotatable bonds is 6. The van der Waals surface area contributed by atoms with Gasteiger partial charge in [-0.2, -0.15) is 0 Å². The van der Waals surface area contributed by atoms with Gasteiger partial charge in [0, 0.05) is 23.4 Å². The fourth-order valence-corrected chi connectivity index (χ4v) is 2.47. The van der Waals surface area contributed by atoms with Gasteiger partial charge in [0.1, 0.15) is 11.5 Å². The second kappa shape index (κ2) is 7.02. The Labute approximate surface area is 126 Å². The molecule has 112 valence electrons. The highest BCUT2D eigenvalue weighted by Crippen LogP contribution is 2.30. The lowest BCUT2D eigenvalue weighted by molar-refractivity contribution is 0.337. The molecule has 0 aliphatic carbocycles. The van der Waals surface area contributed by atoms with Crippen molar-refractivity contribution in [3.63, 3.8) is 0 Å². The first kappa shape index (κ1) is 15.2. The normalized spacial score (nSPS) is 10.3. The average Bonchev–Trinajstić information content (AvgIpc) is 2.49. The van der Waals surface area contributed by atoms with Gasteiger partial charge < -0.3 is 14.8 Å². The van der Waals surface area contributed by atoms with Crippen LogP contribution in [0.4, 0.5) is 5.69 Å². The molecule has 21 heavy (non-hydrogen) atoms. The zero-order valence-electron chi connectivity index (χ0n) is 13.2. The van der Waals surface area contributed by atoms with Gasteiger partial charge in [-0.1, -0.05) is 24.3 Å². The Morgan fingerprint density at radius 3 is 2.52 bits per heavy atom. The maximum atomic E-state index is 5.65. The molecule has 0 saturated carbocycles. The number of aryl methyl sites for hydroxylation is 1. The molecular formula is C18H23NO2. The topological polar surface area (TPSA) is 30.5 Å². The molecule has 2 rings (SSSR count). The predicted octanol–water partition coefficient (Wildman–Crippen LogP) is 4.32. The third kappa shape index (κ3) is 3.48. The summed E-state index contributed by atoms with van der Waals surface area (Å²) in [6.45, 7) is 7.53. The molecule has 0 aliphatic rings. The summed E-state index contributed by atoms with van der Waals surface area (Å²) in [5.74, 6) is 1.88. The highest BCUT2D eigenvalue weighted by Gasteiger charge is 2.08. The standard InChI is InChI=1S/C18H23NO2/c1-5-21-17-9-7-6-8-15(17)12-19-16-11-10-13(2)18(20-4)14(16)3/h6-11,19H,5,12H2,1-4H3. The van der Waals surface area contributed by atoms with Crippen molar-refractivity contribution in [1.82, 2.24) is 0 Å². The summed E-state index contributed by atoms with van der Waals surface area (Å²) >= 11 is 0. The van der Waals surface area contributed by atoms with Crippen LogP contribution in [-0.4, -0.2) is 13.7 Å². The van der Waals surface area contributed by atoms with Crippen LogP contribution in [0.3, 0.4) is 0 Å². The number of anilines is 1. The van der Waals surface area contributed by atoms with Gasteiger partial charge in [-0.3, -0.25) is 0 Å². The summed E-state index contributed by atoms with van der Waals surface area (Å²) in [7, 11) is 1.71. The molecule has 0 aliphatic heterocycles. The van der Waals surface area contributed by atoms with Crippen molar-refractivity contribution in [2.75, 3.05) is 19.0 Å². The Morgan fingerprint density at radius 1 is 1.05 bits per heavy atom. The van der Waals surface area contributed by atoms with Gasteiger partial charge in [-0.05, 0) is 38.5 Å². The van der Waals surface area contributed by atoms with Crippen LogP contribution in [0.15, 0.2) is 36.4 Å². The lowest BCUT2D eigenvalue weighted by Crippen LogP contribution is -2.05. The van der Waals surface area contributed by atoms with Crippen LogP contribution in [0.1, 0.15) is 23.6 Å². The highest BCUT2D eigenvalue weighted by molar-refractivity contribution is 5.60. The average molecular weight is 285 g/mol. The molecular weight excluding hydrogens is 262 g/mol. The summed E-state index contributed by atoms with van der Waals surface area (Å²) in [6.07, 6.45) is 0. The second-order valence-electron chi connectivity index (χ2n) is 4.98. The molecule has 0 aromatic heterocycles. The van der Waals surface area contributed by atoms with Gasteiger partial charge >= 0.3 is 0 Å². The van der Waals surface area contributed by atoms with Crippen LogP contribution in [0.2, 0.25) is 0 Å². The largest absolute Gasteiger partial charge is 0.496 e. The SMILES string of the molecule is CCOc1ccccc1CNc1ccc(C)c(OC)c1C. The number of methoxy groups -OCH3 is 1. The van der Waals surface area contributed by atoms with E-state index in [2.05, 4.69) is 37.4 Å². The van der Waals surface area contributed by atoms with E-state index in [9.17, 15) is 0 Å². The van der Waals surface area contributed by atoms with Gasteiger partial charge in [0.2, 0.25) is 0 Å². The maximum absolute atomic E-state index is 5.65. The minimum Gasteiger partial charge on any atom is -0.496 e. The number of nitrogens with one attached hydrogen (secondary N) is 1. The first-order valence-corrected chi connectivity index (χ1v) is 7.26. The van der Waals surface area contributed by atoms with E-state index in [1.54, 1.807) is 7.11 Å². The third-order valence-electron chi connectivity index (χ3n) is 3.55. The number of hydrogen-bond donors (Lipinski definition) is 1. The van der Waals surface area contributed by atoms with Crippen molar-refractivity contribution >= 4 is 5.69 Å². The van der Waals surface area contributed by atoms with Gasteiger partial charge in [-0.25, -0.2) is 0 Å². The molecule has 0 radical (unpaired) electrons. The Balaban J connectivity index is 2.17. The predicted molar refractivity (Wildman–Crippen MR) is 87.4 cm³/mol. The highest BCUT2D eigenvalue weighted by atomic mass is 16.5. The van der Waals surface area contributed by atoms with Crippen LogP contribution in [0.25, 0.3) is 0 Å². The molecule has 0 amide bonds. The molecule has 2 aromatic rings. The van der Waals surface area contributed by atoms with Gasteiger partial charge in [-0.15, -0.1) is 0 Å². The molecule has 0 saturated heterocycles. The van der Waals surface area contributed by atoms with Gasteiger partial charge in [0.15, 0.2) is 0 Å². The van der Waals surface area contributed by atoms with E-state index in [1.165, 1.54) is 0 Å². The Hall–Kier alpha value is -2.16. The molecule has 0 atom stereocenters. The van der Waals surface area contributed by atoms with Crippen molar-refractivity contribution in [2.45, 2.75) is 27.3 Å².